The lowest BCUT2D eigenvalue weighted by atomic mass is 10.0. The molecule has 0 aliphatic heterocycles. The Kier molecular flexibility index (Phi) is 7.57. The van der Waals surface area contributed by atoms with E-state index in [9.17, 15) is 19.5 Å². The van der Waals surface area contributed by atoms with Crippen LogP contribution in [0.5, 0.6) is 11.6 Å². The molecule has 0 spiro atoms. The van der Waals surface area contributed by atoms with E-state index < -0.39 is 17.1 Å². The second-order valence-electron chi connectivity index (χ2n) is 10.6. The minimum absolute atomic E-state index is 0.0704. The molecule has 0 saturated heterocycles. The maximum absolute atomic E-state index is 14.6. The maximum atomic E-state index is 14.6. The van der Waals surface area contributed by atoms with Crippen LogP contribution in [0.3, 0.4) is 0 Å². The molecule has 10 nitrogen and oxygen atoms in total. The van der Waals surface area contributed by atoms with E-state index in [4.69, 9.17) is 9.47 Å². The molecule has 216 valence electrons. The molecule has 0 unspecified atom stereocenters. The van der Waals surface area contributed by atoms with Crippen molar-refractivity contribution in [1.82, 2.24) is 14.3 Å². The normalized spacial score (nSPS) is 13.3. The molecule has 1 aliphatic rings. The lowest BCUT2D eigenvalue weighted by molar-refractivity contribution is -0.114. The van der Waals surface area contributed by atoms with Gasteiger partial charge in [0.15, 0.2) is 5.78 Å². The summed E-state index contributed by atoms with van der Waals surface area (Å²) < 4.78 is 14.3. The third-order valence-electron chi connectivity index (χ3n) is 6.98. The molecule has 10 heteroatoms. The number of carbonyl (C=O) groups is 2. The second-order valence-corrected chi connectivity index (χ2v) is 10.6. The molecule has 0 bridgehead atoms. The summed E-state index contributed by atoms with van der Waals surface area (Å²) in [5, 5.41) is 10.8. The first kappa shape index (κ1) is 28.6. The molecule has 1 N–H and O–H groups in total. The smallest absolute Gasteiger partial charge is 0.284 e. The standard InChI is InChI=1S/C32H32N4O6/c1-20-29(31(39)36(34(20)4)21-11-7-6-8-12-21)30(38)35(25-13-9-10-14-27(25)37)26-18-28(42-19-32(2,3)40)33-24-16-15-22(41-5)17-23(24)26/h6-13,15-18,40H,14,19H2,1-5H3. The van der Waals surface area contributed by atoms with E-state index in [1.54, 1.807) is 93.2 Å². The highest BCUT2D eigenvalue weighted by atomic mass is 16.5. The highest BCUT2D eigenvalue weighted by molar-refractivity contribution is 6.19. The van der Waals surface area contributed by atoms with Crippen LogP contribution >= 0.6 is 0 Å². The van der Waals surface area contributed by atoms with Crippen LogP contribution in [0.25, 0.3) is 16.6 Å². The van der Waals surface area contributed by atoms with Crippen LogP contribution in [0, 0.1) is 6.92 Å². The first-order valence-electron chi connectivity index (χ1n) is 13.4. The maximum Gasteiger partial charge on any atom is 0.284 e. The van der Waals surface area contributed by atoms with E-state index in [1.165, 1.54) is 22.8 Å². The molecule has 2 aromatic carbocycles. The number of aliphatic hydroxyl groups is 1. The molecular weight excluding hydrogens is 536 g/mol. The number of nitrogens with zero attached hydrogens (tertiary/aromatic N) is 4. The summed E-state index contributed by atoms with van der Waals surface area (Å²) in [6.45, 7) is 4.82. The number of para-hydroxylation sites is 1. The number of Topliss-reactive ketones (excluding diaryl/α,β-unsaturated/α-hetero) is 1. The molecule has 0 atom stereocenters. The quantitative estimate of drug-likeness (QED) is 0.338. The van der Waals surface area contributed by atoms with Gasteiger partial charge < -0.3 is 14.6 Å². The zero-order valence-corrected chi connectivity index (χ0v) is 24.1. The highest BCUT2D eigenvalue weighted by Gasteiger charge is 2.33. The minimum Gasteiger partial charge on any atom is -0.497 e. The molecule has 0 saturated carbocycles. The predicted octanol–water partition coefficient (Wildman–Crippen LogP) is 4.25. The largest absolute Gasteiger partial charge is 0.497 e. The van der Waals surface area contributed by atoms with E-state index in [0.717, 1.165) is 0 Å². The molecule has 2 aromatic heterocycles. The second kappa shape index (κ2) is 11.1. The first-order chi connectivity index (χ1) is 20.0. The van der Waals surface area contributed by atoms with Gasteiger partial charge in [0, 0.05) is 24.9 Å². The monoisotopic (exact) mass is 568 g/mol. The number of rotatable bonds is 8. The molecule has 5 rings (SSSR count). The summed E-state index contributed by atoms with van der Waals surface area (Å²) in [6.07, 6.45) is 5.05. The van der Waals surface area contributed by atoms with Crippen LogP contribution in [0.15, 0.2) is 83.3 Å². The summed E-state index contributed by atoms with van der Waals surface area (Å²) in [7, 11) is 3.23. The number of amides is 1. The van der Waals surface area contributed by atoms with E-state index in [1.807, 2.05) is 6.07 Å². The van der Waals surface area contributed by atoms with Crippen molar-refractivity contribution in [2.75, 3.05) is 18.6 Å². The van der Waals surface area contributed by atoms with Crippen molar-refractivity contribution < 1.29 is 24.2 Å². The molecule has 1 amide bonds. The Balaban J connectivity index is 1.77. The number of carbonyl (C=O) groups excluding carboxylic acids is 2. The summed E-state index contributed by atoms with van der Waals surface area (Å²) in [4.78, 5) is 47.6. The van der Waals surface area contributed by atoms with Gasteiger partial charge in [-0.15, -0.1) is 0 Å². The number of benzene rings is 2. The summed E-state index contributed by atoms with van der Waals surface area (Å²) in [6, 6.07) is 15.7. The summed E-state index contributed by atoms with van der Waals surface area (Å²) in [5.41, 5.74) is 0.0919. The zero-order chi connectivity index (χ0) is 30.2. The van der Waals surface area contributed by atoms with Crippen LogP contribution in [0.2, 0.25) is 0 Å². The van der Waals surface area contributed by atoms with Crippen LogP contribution in [0.4, 0.5) is 5.69 Å². The third-order valence-corrected chi connectivity index (χ3v) is 6.98. The van der Waals surface area contributed by atoms with E-state index in [-0.39, 0.29) is 41.6 Å². The number of fused-ring (bicyclic) bond motifs is 1. The molecule has 42 heavy (non-hydrogen) atoms. The van der Waals surface area contributed by atoms with Gasteiger partial charge in [-0.05, 0) is 57.2 Å². The third kappa shape index (κ3) is 5.36. The van der Waals surface area contributed by atoms with Gasteiger partial charge in [-0.3, -0.25) is 24.0 Å². The SMILES string of the molecule is COc1ccc2nc(OCC(C)(C)O)cc(N(C(=O)c3c(C)n(C)n(-c4ccccc4)c3=O)C3=CC=CCC3=O)c2c1. The first-order valence-corrected chi connectivity index (χ1v) is 13.4. The molecule has 0 radical (unpaired) electrons. The van der Waals surface area contributed by atoms with Crippen molar-refractivity contribution in [1.29, 1.82) is 0 Å². The number of methoxy groups -OCH3 is 1. The zero-order valence-electron chi connectivity index (χ0n) is 24.1. The molecular formula is C32H32N4O6. The molecule has 2 heterocycles. The van der Waals surface area contributed by atoms with E-state index in [0.29, 0.717) is 28.0 Å². The van der Waals surface area contributed by atoms with Crippen molar-refractivity contribution >= 4 is 28.3 Å². The van der Waals surface area contributed by atoms with Gasteiger partial charge in [0.25, 0.3) is 11.5 Å². The van der Waals surface area contributed by atoms with Gasteiger partial charge in [0.2, 0.25) is 5.88 Å². The fraction of sp³-hybridized carbons (Fsp3) is 0.250. The van der Waals surface area contributed by atoms with Gasteiger partial charge in [-0.25, -0.2) is 9.67 Å². The van der Waals surface area contributed by atoms with Crippen molar-refractivity contribution in [3.05, 3.63) is 100 Å². The molecule has 0 fully saturated rings. The van der Waals surface area contributed by atoms with Crippen LogP contribution in [0.1, 0.15) is 36.3 Å². The average Bonchev–Trinajstić information content (AvgIpc) is 3.19. The number of hydrogen-bond acceptors (Lipinski definition) is 7. The van der Waals surface area contributed by atoms with Crippen molar-refractivity contribution in [3.63, 3.8) is 0 Å². The fourth-order valence-corrected chi connectivity index (χ4v) is 4.81. The van der Waals surface area contributed by atoms with Gasteiger partial charge >= 0.3 is 0 Å². The Morgan fingerprint density at radius 1 is 1.12 bits per heavy atom. The van der Waals surface area contributed by atoms with Gasteiger partial charge in [-0.2, -0.15) is 0 Å². The van der Waals surface area contributed by atoms with Crippen molar-refractivity contribution in [2.45, 2.75) is 32.8 Å². The van der Waals surface area contributed by atoms with Crippen molar-refractivity contribution in [3.8, 4) is 17.3 Å². The van der Waals surface area contributed by atoms with Crippen molar-refractivity contribution in [2.24, 2.45) is 7.05 Å². The summed E-state index contributed by atoms with van der Waals surface area (Å²) in [5.74, 6) is -0.334. The van der Waals surface area contributed by atoms with Gasteiger partial charge in [-0.1, -0.05) is 30.4 Å². The van der Waals surface area contributed by atoms with Crippen LogP contribution in [-0.4, -0.2) is 50.5 Å². The molecule has 4 aromatic rings. The number of ketones is 1. The number of aromatic nitrogens is 3. The summed E-state index contributed by atoms with van der Waals surface area (Å²) >= 11 is 0. The number of hydrogen-bond donors (Lipinski definition) is 1. The predicted molar refractivity (Wildman–Crippen MR) is 159 cm³/mol. The fourth-order valence-electron chi connectivity index (χ4n) is 4.81. The molecule has 1 aliphatic carbocycles. The Labute approximate surface area is 242 Å². The Bertz CT molecular complexity index is 1810. The van der Waals surface area contributed by atoms with E-state index in [2.05, 4.69) is 4.98 Å². The average molecular weight is 569 g/mol. The van der Waals surface area contributed by atoms with Gasteiger partial charge in [0.05, 0.1) is 41.0 Å². The number of anilines is 1. The van der Waals surface area contributed by atoms with Crippen LogP contribution in [-0.2, 0) is 11.8 Å². The topological polar surface area (TPSA) is 116 Å². The van der Waals surface area contributed by atoms with Crippen LogP contribution < -0.4 is 19.9 Å². The minimum atomic E-state index is -1.15. The lowest BCUT2D eigenvalue weighted by Crippen LogP contribution is -2.37. The Hall–Kier alpha value is -4.96. The highest BCUT2D eigenvalue weighted by Crippen LogP contribution is 2.36. The Morgan fingerprint density at radius 3 is 2.52 bits per heavy atom. The number of pyridine rings is 1. The lowest BCUT2D eigenvalue weighted by Gasteiger charge is -2.27. The van der Waals surface area contributed by atoms with E-state index >= 15 is 0 Å². The number of allylic oxidation sites excluding steroid dienone is 4. The number of ether oxygens (including phenoxy) is 2. The Morgan fingerprint density at radius 2 is 1.86 bits per heavy atom. The van der Waals surface area contributed by atoms with Gasteiger partial charge in [0.1, 0.15) is 17.9 Å².